The first-order valence-corrected chi connectivity index (χ1v) is 0.200. The zero-order valence-electron chi connectivity index (χ0n) is 2.72. The van der Waals surface area contributed by atoms with E-state index in [2.05, 4.69) is 0 Å². The molecule has 0 spiro atoms. The van der Waals surface area contributed by atoms with Gasteiger partial charge in [0.15, 0.2) is 0 Å². The molecular weight excluding hydrogens is 278 g/mol. The SMILES string of the molecule is OO.P.P.[W]. The van der Waals surface area contributed by atoms with Crippen LogP contribution in [-0.2, 0) is 21.1 Å². The third-order valence-electron chi connectivity index (χ3n) is 0. The van der Waals surface area contributed by atoms with Crippen LogP contribution in [0.2, 0.25) is 0 Å². The fraction of sp³-hybridized carbons (Fsp3) is 0. The van der Waals surface area contributed by atoms with Gasteiger partial charge in [-0.25, -0.2) is 0 Å². The standard InChI is InChI=1S/H2O2.2H3P.W/c1-2;;;/h1-2H;2*1H3;. The van der Waals surface area contributed by atoms with E-state index in [1.165, 1.54) is 0 Å². The van der Waals surface area contributed by atoms with Crippen molar-refractivity contribution in [1.82, 2.24) is 0 Å². The van der Waals surface area contributed by atoms with Gasteiger partial charge in [-0.3, -0.25) is 10.5 Å². The Morgan fingerprint density at radius 2 is 0.800 bits per heavy atom. The predicted octanol–water partition coefficient (Wildman–Crippen LogP) is 0.131. The van der Waals surface area contributed by atoms with Crippen molar-refractivity contribution < 1.29 is 31.6 Å². The van der Waals surface area contributed by atoms with Gasteiger partial charge in [-0.2, -0.15) is 19.8 Å². The molecule has 5 heavy (non-hydrogen) atoms. The molecule has 0 aliphatic rings. The normalized spacial score (nSPS) is 1.20. The topological polar surface area (TPSA) is 40.5 Å². The Morgan fingerprint density at radius 3 is 0.800 bits per heavy atom. The van der Waals surface area contributed by atoms with Crippen LogP contribution in [0, 0.1) is 0 Å². The van der Waals surface area contributed by atoms with E-state index in [-0.39, 0.29) is 40.9 Å². The van der Waals surface area contributed by atoms with Gasteiger partial charge in [-0.1, -0.05) is 0 Å². The van der Waals surface area contributed by atoms with Crippen LogP contribution < -0.4 is 0 Å². The summed E-state index contributed by atoms with van der Waals surface area (Å²) in [5.74, 6) is 0. The van der Waals surface area contributed by atoms with Crippen molar-refractivity contribution in [3.8, 4) is 0 Å². The fourth-order valence-electron chi connectivity index (χ4n) is 0. The summed E-state index contributed by atoms with van der Waals surface area (Å²) < 4.78 is 0. The minimum absolute atomic E-state index is 0. The Labute approximate surface area is 51.8 Å². The van der Waals surface area contributed by atoms with Crippen molar-refractivity contribution in [1.29, 1.82) is 0 Å². The number of rotatable bonds is 0. The van der Waals surface area contributed by atoms with Crippen LogP contribution in [-0.4, -0.2) is 10.5 Å². The third-order valence-corrected chi connectivity index (χ3v) is 0. The van der Waals surface area contributed by atoms with Gasteiger partial charge in [0.1, 0.15) is 0 Å². The summed E-state index contributed by atoms with van der Waals surface area (Å²) in [7, 11) is 0. The maximum atomic E-state index is 6.00. The molecule has 2 unspecified atom stereocenters. The molecule has 0 aromatic carbocycles. The van der Waals surface area contributed by atoms with Gasteiger partial charge in [0, 0.05) is 21.1 Å². The Kier molecular flexibility index (Phi) is 322. The van der Waals surface area contributed by atoms with E-state index < -0.39 is 0 Å². The number of hydrogen-bond acceptors (Lipinski definition) is 2. The molecule has 0 saturated heterocycles. The van der Waals surface area contributed by atoms with Gasteiger partial charge in [0.05, 0.1) is 0 Å². The molecule has 5 heteroatoms. The van der Waals surface area contributed by atoms with Crippen LogP contribution in [0.3, 0.4) is 0 Å². The van der Waals surface area contributed by atoms with E-state index in [1.54, 1.807) is 0 Å². The van der Waals surface area contributed by atoms with Crippen LogP contribution in [0.1, 0.15) is 0 Å². The van der Waals surface area contributed by atoms with Gasteiger partial charge in [0.25, 0.3) is 0 Å². The van der Waals surface area contributed by atoms with Gasteiger partial charge >= 0.3 is 0 Å². The summed E-state index contributed by atoms with van der Waals surface area (Å²) in [6, 6.07) is 0. The molecule has 0 radical (unpaired) electrons. The second-order valence-corrected chi connectivity index (χ2v) is 0. The van der Waals surface area contributed by atoms with Crippen molar-refractivity contribution in [2.45, 2.75) is 0 Å². The maximum absolute atomic E-state index is 6.00. The van der Waals surface area contributed by atoms with E-state index >= 15 is 0 Å². The molecule has 36 valence electrons. The van der Waals surface area contributed by atoms with E-state index in [0.29, 0.717) is 0 Å². The minimum Gasteiger partial charge on any atom is -0.255 e. The van der Waals surface area contributed by atoms with Crippen LogP contribution in [0.15, 0.2) is 0 Å². The summed E-state index contributed by atoms with van der Waals surface area (Å²) in [5.41, 5.74) is 0. The fourth-order valence-corrected chi connectivity index (χ4v) is 0. The largest absolute Gasteiger partial charge is 0.255 e. The maximum Gasteiger partial charge on any atom is 0 e. The quantitative estimate of drug-likeness (QED) is 0.377. The van der Waals surface area contributed by atoms with E-state index in [4.69, 9.17) is 10.5 Å². The Morgan fingerprint density at radius 1 is 0.800 bits per heavy atom. The van der Waals surface area contributed by atoms with Gasteiger partial charge < -0.3 is 0 Å². The summed E-state index contributed by atoms with van der Waals surface area (Å²) in [5, 5.41) is 12.0. The molecule has 0 amide bonds. The van der Waals surface area contributed by atoms with Crippen molar-refractivity contribution >= 4 is 19.8 Å². The molecule has 0 bridgehead atoms. The molecule has 2 N–H and O–H groups in total. The molecule has 0 aliphatic heterocycles. The molecule has 0 rings (SSSR count). The Balaban J connectivity index is -0.00000000167. The van der Waals surface area contributed by atoms with Gasteiger partial charge in [-0.15, -0.1) is 0 Å². The van der Waals surface area contributed by atoms with E-state index in [9.17, 15) is 0 Å². The van der Waals surface area contributed by atoms with Crippen LogP contribution in [0.25, 0.3) is 0 Å². The third kappa shape index (κ3) is 30.5. The molecule has 0 aromatic rings. The summed E-state index contributed by atoms with van der Waals surface area (Å²) in [4.78, 5) is 0. The monoisotopic (exact) mass is 286 g/mol. The molecule has 0 fully saturated rings. The first-order chi connectivity index (χ1) is 1.00. The molecule has 0 heterocycles. The predicted molar refractivity (Wildman–Crippen MR) is 27.5 cm³/mol. The second-order valence-electron chi connectivity index (χ2n) is 0. The average molecular weight is 286 g/mol. The summed E-state index contributed by atoms with van der Waals surface area (Å²) in [6.07, 6.45) is 0. The first kappa shape index (κ1) is 31.7. The molecule has 0 saturated carbocycles. The van der Waals surface area contributed by atoms with Gasteiger partial charge in [0.2, 0.25) is 0 Å². The van der Waals surface area contributed by atoms with Crippen molar-refractivity contribution in [2.24, 2.45) is 0 Å². The Hall–Kier alpha value is 1.47. The van der Waals surface area contributed by atoms with Crippen LogP contribution in [0.4, 0.5) is 0 Å². The van der Waals surface area contributed by atoms with E-state index in [1.807, 2.05) is 0 Å². The van der Waals surface area contributed by atoms with Crippen molar-refractivity contribution in [3.05, 3.63) is 0 Å². The van der Waals surface area contributed by atoms with Crippen molar-refractivity contribution in [2.75, 3.05) is 0 Å². The first-order valence-electron chi connectivity index (χ1n) is 0.200. The molecule has 2 nitrogen and oxygen atoms in total. The van der Waals surface area contributed by atoms with Gasteiger partial charge in [-0.05, 0) is 0 Å². The molecule has 2 atom stereocenters. The van der Waals surface area contributed by atoms with Crippen LogP contribution >= 0.6 is 19.8 Å². The average Bonchev–Trinajstić information content (AvgIpc) is 1.00. The minimum atomic E-state index is 0. The zero-order valence-corrected chi connectivity index (χ0v) is 8.48. The molecular formula is H8O2P2W. The molecule has 0 aromatic heterocycles. The zero-order chi connectivity index (χ0) is 2.00. The van der Waals surface area contributed by atoms with E-state index in [0.717, 1.165) is 0 Å². The van der Waals surface area contributed by atoms with Crippen LogP contribution in [0.5, 0.6) is 0 Å². The summed E-state index contributed by atoms with van der Waals surface area (Å²) in [6.45, 7) is 0. The summed E-state index contributed by atoms with van der Waals surface area (Å²) >= 11 is 0. The molecule has 0 aliphatic carbocycles. The second kappa shape index (κ2) is 50.6. The Bertz CT molecular complexity index is 7.61. The smallest absolute Gasteiger partial charge is 0 e. The van der Waals surface area contributed by atoms with Crippen molar-refractivity contribution in [3.63, 3.8) is 0 Å². The number of hydrogen-bond donors (Lipinski definition) is 2.